The summed E-state index contributed by atoms with van der Waals surface area (Å²) in [5.41, 5.74) is 6.65. The maximum atomic E-state index is 5.19. The van der Waals surface area contributed by atoms with E-state index in [4.69, 9.17) is 4.84 Å². The van der Waals surface area contributed by atoms with Crippen molar-refractivity contribution in [1.82, 2.24) is 15.3 Å². The molecule has 17 heavy (non-hydrogen) atoms. The van der Waals surface area contributed by atoms with Crippen molar-refractivity contribution in [3.63, 3.8) is 0 Å². The second kappa shape index (κ2) is 4.31. The summed E-state index contributed by atoms with van der Waals surface area (Å²) in [7, 11) is 1.93. The molecule has 2 heterocycles. The van der Waals surface area contributed by atoms with Crippen molar-refractivity contribution in [2.75, 3.05) is 6.61 Å². The van der Waals surface area contributed by atoms with E-state index in [-0.39, 0.29) is 0 Å². The van der Waals surface area contributed by atoms with Gasteiger partial charge in [0.1, 0.15) is 0 Å². The van der Waals surface area contributed by atoms with Crippen molar-refractivity contribution in [3.05, 3.63) is 42.2 Å². The number of hydroxylamine groups is 1. The van der Waals surface area contributed by atoms with Gasteiger partial charge in [0, 0.05) is 18.8 Å². The van der Waals surface area contributed by atoms with Crippen LogP contribution in [-0.2, 0) is 11.9 Å². The molecule has 0 aliphatic carbocycles. The van der Waals surface area contributed by atoms with Gasteiger partial charge in [-0.25, -0.2) is 0 Å². The summed E-state index contributed by atoms with van der Waals surface area (Å²) >= 11 is 0. The molecular formula is C13H15N3O. The molecule has 0 bridgehead atoms. The van der Waals surface area contributed by atoms with Crippen LogP contribution in [0.4, 0.5) is 0 Å². The predicted octanol–water partition coefficient (Wildman–Crippen LogP) is 2.05. The fourth-order valence-corrected chi connectivity index (χ4v) is 2.14. The quantitative estimate of drug-likeness (QED) is 0.856. The molecule has 1 aromatic carbocycles. The van der Waals surface area contributed by atoms with Gasteiger partial charge >= 0.3 is 0 Å². The lowest BCUT2D eigenvalue weighted by Gasteiger charge is -2.09. The van der Waals surface area contributed by atoms with Crippen molar-refractivity contribution in [2.24, 2.45) is 7.05 Å². The van der Waals surface area contributed by atoms with Crippen molar-refractivity contribution < 1.29 is 4.84 Å². The number of hydrogen-bond donors (Lipinski definition) is 1. The number of hydrogen-bond acceptors (Lipinski definition) is 3. The molecule has 0 spiro atoms. The molecule has 4 heteroatoms. The van der Waals surface area contributed by atoms with Crippen LogP contribution in [0.25, 0.3) is 11.1 Å². The highest BCUT2D eigenvalue weighted by Gasteiger charge is 2.17. The Balaban J connectivity index is 1.93. The van der Waals surface area contributed by atoms with Crippen molar-refractivity contribution in [1.29, 1.82) is 0 Å². The molecule has 0 radical (unpaired) electrons. The molecule has 2 aromatic rings. The molecule has 1 aliphatic heterocycles. The van der Waals surface area contributed by atoms with Gasteiger partial charge in [0.15, 0.2) is 0 Å². The first-order valence-corrected chi connectivity index (χ1v) is 5.79. The third-order valence-corrected chi connectivity index (χ3v) is 3.06. The molecule has 4 nitrogen and oxygen atoms in total. The summed E-state index contributed by atoms with van der Waals surface area (Å²) in [6.45, 7) is 0.780. The average Bonchev–Trinajstić information content (AvgIpc) is 3.00. The van der Waals surface area contributed by atoms with E-state index in [0.29, 0.717) is 6.04 Å². The predicted molar refractivity (Wildman–Crippen MR) is 65.1 cm³/mol. The molecule has 1 aliphatic rings. The third kappa shape index (κ3) is 2.09. The summed E-state index contributed by atoms with van der Waals surface area (Å²) in [5.74, 6) is 0. The van der Waals surface area contributed by atoms with Gasteiger partial charge in [-0.1, -0.05) is 18.2 Å². The van der Waals surface area contributed by atoms with E-state index in [1.807, 2.05) is 24.1 Å². The molecule has 0 unspecified atom stereocenters. The van der Waals surface area contributed by atoms with Crippen LogP contribution >= 0.6 is 0 Å². The maximum Gasteiger partial charge on any atom is 0.0701 e. The van der Waals surface area contributed by atoms with Gasteiger partial charge < -0.3 is 4.84 Å². The van der Waals surface area contributed by atoms with Crippen LogP contribution in [0.1, 0.15) is 18.0 Å². The number of nitrogens with zero attached hydrogens (tertiary/aromatic N) is 2. The van der Waals surface area contributed by atoms with Gasteiger partial charge in [0.2, 0.25) is 0 Å². The molecule has 1 atom stereocenters. The third-order valence-electron chi connectivity index (χ3n) is 3.06. The highest BCUT2D eigenvalue weighted by molar-refractivity contribution is 5.62. The van der Waals surface area contributed by atoms with E-state index in [0.717, 1.165) is 18.6 Å². The van der Waals surface area contributed by atoms with E-state index in [1.165, 1.54) is 11.1 Å². The van der Waals surface area contributed by atoms with E-state index in [2.05, 4.69) is 34.8 Å². The summed E-state index contributed by atoms with van der Waals surface area (Å²) in [4.78, 5) is 5.19. The summed E-state index contributed by atoms with van der Waals surface area (Å²) < 4.78 is 1.82. The second-order valence-electron chi connectivity index (χ2n) is 4.34. The van der Waals surface area contributed by atoms with Gasteiger partial charge in [-0.3, -0.25) is 4.68 Å². The van der Waals surface area contributed by atoms with Crippen LogP contribution in [0.3, 0.4) is 0 Å². The lowest BCUT2D eigenvalue weighted by atomic mass is 10.0. The largest absolute Gasteiger partial charge is 0.301 e. The van der Waals surface area contributed by atoms with Crippen LogP contribution in [-0.4, -0.2) is 16.4 Å². The Morgan fingerprint density at radius 3 is 3.06 bits per heavy atom. The highest BCUT2D eigenvalue weighted by Crippen LogP contribution is 2.26. The summed E-state index contributed by atoms with van der Waals surface area (Å²) in [6, 6.07) is 8.83. The fourth-order valence-electron chi connectivity index (χ4n) is 2.14. The minimum absolute atomic E-state index is 0.312. The minimum Gasteiger partial charge on any atom is -0.301 e. The SMILES string of the molecule is Cn1cc(-c2cccc([C@H]3CCON3)c2)cn1. The van der Waals surface area contributed by atoms with Gasteiger partial charge in [-0.05, 0) is 23.6 Å². The van der Waals surface area contributed by atoms with Crippen molar-refractivity contribution in [2.45, 2.75) is 12.5 Å². The Kier molecular flexibility index (Phi) is 2.66. The smallest absolute Gasteiger partial charge is 0.0701 e. The zero-order valence-electron chi connectivity index (χ0n) is 9.76. The van der Waals surface area contributed by atoms with E-state index >= 15 is 0 Å². The Hall–Kier alpha value is -1.65. The fraction of sp³-hybridized carbons (Fsp3) is 0.308. The van der Waals surface area contributed by atoms with Crippen molar-refractivity contribution in [3.8, 4) is 11.1 Å². The van der Waals surface area contributed by atoms with E-state index < -0.39 is 0 Å². The van der Waals surface area contributed by atoms with Gasteiger partial charge in [0.05, 0.1) is 18.8 Å². The summed E-state index contributed by atoms with van der Waals surface area (Å²) in [5, 5.41) is 4.20. The number of benzene rings is 1. The van der Waals surface area contributed by atoms with Crippen LogP contribution < -0.4 is 5.48 Å². The summed E-state index contributed by atoms with van der Waals surface area (Å²) in [6.07, 6.45) is 4.94. The number of aryl methyl sites for hydroxylation is 1. The van der Waals surface area contributed by atoms with Crippen LogP contribution in [0.5, 0.6) is 0 Å². The maximum absolute atomic E-state index is 5.19. The standard InChI is InChI=1S/C13H15N3O/c1-16-9-12(8-14-16)10-3-2-4-11(7-10)13-5-6-17-15-13/h2-4,7-9,13,15H,5-6H2,1H3/t13-/m1/s1. The Labute approximate surface area is 100 Å². The number of nitrogens with one attached hydrogen (secondary N) is 1. The first-order chi connectivity index (χ1) is 8.33. The normalized spacial score (nSPS) is 19.7. The van der Waals surface area contributed by atoms with E-state index in [1.54, 1.807) is 0 Å². The van der Waals surface area contributed by atoms with Crippen LogP contribution in [0, 0.1) is 0 Å². The lowest BCUT2D eigenvalue weighted by molar-refractivity contribution is 0.0883. The molecule has 3 rings (SSSR count). The topological polar surface area (TPSA) is 39.1 Å². The molecule has 1 fully saturated rings. The molecule has 0 saturated carbocycles. The minimum atomic E-state index is 0.312. The van der Waals surface area contributed by atoms with Gasteiger partial charge in [-0.2, -0.15) is 10.6 Å². The average molecular weight is 229 g/mol. The van der Waals surface area contributed by atoms with Gasteiger partial charge in [-0.15, -0.1) is 0 Å². The lowest BCUT2D eigenvalue weighted by Crippen LogP contribution is -2.11. The monoisotopic (exact) mass is 229 g/mol. The first kappa shape index (κ1) is 10.5. The zero-order valence-corrected chi connectivity index (χ0v) is 9.76. The molecule has 0 amide bonds. The Bertz CT molecular complexity index is 515. The highest BCUT2D eigenvalue weighted by atomic mass is 16.7. The van der Waals surface area contributed by atoms with Gasteiger partial charge in [0.25, 0.3) is 0 Å². The van der Waals surface area contributed by atoms with Crippen LogP contribution in [0.2, 0.25) is 0 Å². The van der Waals surface area contributed by atoms with Crippen molar-refractivity contribution >= 4 is 0 Å². The van der Waals surface area contributed by atoms with Crippen LogP contribution in [0.15, 0.2) is 36.7 Å². The molecule has 1 N–H and O–H groups in total. The second-order valence-corrected chi connectivity index (χ2v) is 4.34. The Morgan fingerprint density at radius 1 is 1.41 bits per heavy atom. The molecule has 1 aromatic heterocycles. The molecular weight excluding hydrogens is 214 g/mol. The number of rotatable bonds is 2. The molecule has 1 saturated heterocycles. The zero-order chi connectivity index (χ0) is 11.7. The first-order valence-electron chi connectivity index (χ1n) is 5.79. The van der Waals surface area contributed by atoms with E-state index in [9.17, 15) is 0 Å². The number of aromatic nitrogens is 2. The molecule has 88 valence electrons. The Morgan fingerprint density at radius 2 is 2.35 bits per heavy atom.